The Hall–Kier alpha value is -2.51. The zero-order valence-electron chi connectivity index (χ0n) is 19.3. The summed E-state index contributed by atoms with van der Waals surface area (Å²) in [4.78, 5) is 36.1. The van der Waals surface area contributed by atoms with Crippen molar-refractivity contribution in [2.45, 2.75) is 45.1 Å². The fourth-order valence-electron chi connectivity index (χ4n) is 5.34. The van der Waals surface area contributed by atoms with Crippen molar-refractivity contribution in [3.63, 3.8) is 0 Å². The number of amides is 2. The minimum atomic E-state index is -0.196. The Morgan fingerprint density at radius 2 is 1.76 bits per heavy atom. The van der Waals surface area contributed by atoms with E-state index in [-0.39, 0.29) is 23.7 Å². The quantitative estimate of drug-likeness (QED) is 0.480. The summed E-state index contributed by atoms with van der Waals surface area (Å²) in [6.45, 7) is 2.15. The molecule has 0 spiro atoms. The third-order valence-electron chi connectivity index (χ3n) is 7.23. The lowest BCUT2D eigenvalue weighted by Crippen LogP contribution is -2.45. The van der Waals surface area contributed by atoms with Crippen molar-refractivity contribution in [1.82, 2.24) is 15.2 Å². The van der Waals surface area contributed by atoms with Gasteiger partial charge in [-0.2, -0.15) is 0 Å². The Kier molecular flexibility index (Phi) is 7.40. The number of carbonyl (C=O) groups excluding carboxylic acids is 2. The van der Waals surface area contributed by atoms with E-state index in [2.05, 4.69) is 52.1 Å². The Morgan fingerprint density at radius 1 is 0.971 bits per heavy atom. The van der Waals surface area contributed by atoms with E-state index in [1.165, 1.54) is 15.3 Å². The van der Waals surface area contributed by atoms with Crippen molar-refractivity contribution in [1.29, 1.82) is 0 Å². The molecule has 2 fully saturated rings. The number of nitrogens with zero attached hydrogens (tertiary/aromatic N) is 2. The highest BCUT2D eigenvalue weighted by Gasteiger charge is 2.40. The number of hydrogen-bond donors (Lipinski definition) is 1. The van der Waals surface area contributed by atoms with Crippen molar-refractivity contribution in [3.05, 3.63) is 64.6 Å². The van der Waals surface area contributed by atoms with E-state index in [1.54, 1.807) is 22.7 Å². The summed E-state index contributed by atoms with van der Waals surface area (Å²) < 4.78 is 0. The first-order chi connectivity index (χ1) is 16.7. The number of pyridine rings is 1. The number of hydrogen-bond acceptors (Lipinski definition) is 5. The molecule has 2 atom stereocenters. The maximum absolute atomic E-state index is 13.3. The molecule has 1 saturated carbocycles. The first-order valence-corrected chi connectivity index (χ1v) is 13.9. The summed E-state index contributed by atoms with van der Waals surface area (Å²) >= 11 is 3.45. The Balaban J connectivity index is 1.12. The number of thiophene rings is 2. The zero-order chi connectivity index (χ0) is 23.3. The van der Waals surface area contributed by atoms with E-state index in [9.17, 15) is 9.59 Å². The van der Waals surface area contributed by atoms with Gasteiger partial charge in [0, 0.05) is 52.0 Å². The van der Waals surface area contributed by atoms with Gasteiger partial charge in [0.05, 0.1) is 6.54 Å². The lowest BCUT2D eigenvalue weighted by Gasteiger charge is -2.34. The molecule has 3 aromatic rings. The van der Waals surface area contributed by atoms with Gasteiger partial charge in [0.25, 0.3) is 0 Å². The average Bonchev–Trinajstić information content (AvgIpc) is 3.65. The third-order valence-corrected chi connectivity index (χ3v) is 9.38. The monoisotopic (exact) mass is 493 g/mol. The van der Waals surface area contributed by atoms with Gasteiger partial charge >= 0.3 is 0 Å². The molecular weight excluding hydrogens is 462 g/mol. The highest BCUT2D eigenvalue weighted by Crippen LogP contribution is 2.35. The van der Waals surface area contributed by atoms with Crippen LogP contribution in [0.4, 0.5) is 0 Å². The molecule has 4 heterocycles. The van der Waals surface area contributed by atoms with E-state index < -0.39 is 0 Å². The lowest BCUT2D eigenvalue weighted by molar-refractivity contribution is -0.142. The Morgan fingerprint density at radius 3 is 2.53 bits per heavy atom. The van der Waals surface area contributed by atoms with Gasteiger partial charge in [-0.05, 0) is 79.3 Å². The van der Waals surface area contributed by atoms with Gasteiger partial charge < -0.3 is 10.2 Å². The molecule has 0 aromatic carbocycles. The molecule has 7 heteroatoms. The largest absolute Gasteiger partial charge is 0.351 e. The fourth-order valence-corrected chi connectivity index (χ4v) is 7.13. The molecule has 0 bridgehead atoms. The first-order valence-electron chi connectivity index (χ1n) is 12.3. The van der Waals surface area contributed by atoms with E-state index in [4.69, 9.17) is 0 Å². The van der Waals surface area contributed by atoms with Crippen molar-refractivity contribution in [2.75, 3.05) is 13.1 Å². The van der Waals surface area contributed by atoms with Crippen LogP contribution in [0.2, 0.25) is 0 Å². The molecule has 3 aromatic heterocycles. The topological polar surface area (TPSA) is 62.3 Å². The molecule has 1 saturated heterocycles. The van der Waals surface area contributed by atoms with Crippen LogP contribution in [-0.2, 0) is 22.6 Å². The molecule has 178 valence electrons. The molecule has 0 unspecified atom stereocenters. The molecule has 1 aliphatic heterocycles. The van der Waals surface area contributed by atoms with E-state index in [0.29, 0.717) is 12.5 Å². The van der Waals surface area contributed by atoms with Gasteiger partial charge in [-0.3, -0.25) is 14.6 Å². The first kappa shape index (κ1) is 23.2. The van der Waals surface area contributed by atoms with Crippen LogP contribution in [-0.4, -0.2) is 34.8 Å². The minimum absolute atomic E-state index is 0.0366. The van der Waals surface area contributed by atoms with Gasteiger partial charge in [-0.15, -0.1) is 22.7 Å². The molecule has 5 rings (SSSR count). The molecule has 1 N–H and O–H groups in total. The lowest BCUT2D eigenvalue weighted by atomic mass is 9.88. The Labute approximate surface area is 209 Å². The predicted octanol–water partition coefficient (Wildman–Crippen LogP) is 5.39. The number of likely N-dealkylation sites (tertiary alicyclic amines) is 1. The van der Waals surface area contributed by atoms with Crippen LogP contribution < -0.4 is 5.32 Å². The highest BCUT2D eigenvalue weighted by atomic mass is 32.1. The second-order valence-electron chi connectivity index (χ2n) is 9.43. The second kappa shape index (κ2) is 10.8. The highest BCUT2D eigenvalue weighted by molar-refractivity contribution is 7.21. The standard InChI is InChI=1S/C27H31N3O2S2/c31-26(29-18-21-6-7-25(34-21)24-5-2-16-33-24)22-3-1-4-23(22)27(32)30-14-10-20(11-15-30)17-19-8-12-28-13-9-19/h2,5-9,12-13,16,20,22-23H,1,3-4,10-11,14-15,17-18H2,(H,29,31)/t22-,23-/m1/s1. The molecule has 2 aliphatic rings. The maximum Gasteiger partial charge on any atom is 0.226 e. The molecule has 34 heavy (non-hydrogen) atoms. The van der Waals surface area contributed by atoms with Gasteiger partial charge in [-0.25, -0.2) is 0 Å². The van der Waals surface area contributed by atoms with Crippen LogP contribution in [0.5, 0.6) is 0 Å². The van der Waals surface area contributed by atoms with Crippen molar-refractivity contribution >= 4 is 34.5 Å². The van der Waals surface area contributed by atoms with Gasteiger partial charge in [0.1, 0.15) is 0 Å². The smallest absolute Gasteiger partial charge is 0.226 e. The van der Waals surface area contributed by atoms with E-state index in [1.807, 2.05) is 17.3 Å². The SMILES string of the molecule is O=C(NCc1ccc(-c2cccs2)s1)[C@@H]1CCC[C@H]1C(=O)N1CCC(Cc2ccncc2)CC1. The van der Waals surface area contributed by atoms with Crippen molar-refractivity contribution in [3.8, 4) is 9.75 Å². The van der Waals surface area contributed by atoms with Crippen LogP contribution in [0, 0.1) is 17.8 Å². The van der Waals surface area contributed by atoms with E-state index in [0.717, 1.165) is 56.5 Å². The molecular formula is C27H31N3O2S2. The number of carbonyl (C=O) groups is 2. The van der Waals surface area contributed by atoms with Crippen LogP contribution in [0.1, 0.15) is 42.5 Å². The average molecular weight is 494 g/mol. The van der Waals surface area contributed by atoms with Gasteiger partial charge in [0.2, 0.25) is 11.8 Å². The molecule has 5 nitrogen and oxygen atoms in total. The summed E-state index contributed by atoms with van der Waals surface area (Å²) in [6.07, 6.45) is 9.40. The number of nitrogens with one attached hydrogen (secondary N) is 1. The van der Waals surface area contributed by atoms with Crippen molar-refractivity contribution in [2.24, 2.45) is 17.8 Å². The minimum Gasteiger partial charge on any atom is -0.351 e. The zero-order valence-corrected chi connectivity index (χ0v) is 21.0. The normalized spacial score (nSPS) is 21.0. The number of rotatable bonds is 7. The summed E-state index contributed by atoms with van der Waals surface area (Å²) in [6, 6.07) is 12.6. The summed E-state index contributed by atoms with van der Waals surface area (Å²) in [5, 5.41) is 5.20. The van der Waals surface area contributed by atoms with Crippen LogP contribution in [0.25, 0.3) is 9.75 Å². The summed E-state index contributed by atoms with van der Waals surface area (Å²) in [5.74, 6) is 0.477. The van der Waals surface area contributed by atoms with Crippen LogP contribution in [0.3, 0.4) is 0 Å². The van der Waals surface area contributed by atoms with E-state index >= 15 is 0 Å². The van der Waals surface area contributed by atoms with Gasteiger partial charge in [-0.1, -0.05) is 12.5 Å². The number of piperidine rings is 1. The summed E-state index contributed by atoms with van der Waals surface area (Å²) in [5.41, 5.74) is 1.32. The molecule has 1 aliphatic carbocycles. The second-order valence-corrected chi connectivity index (χ2v) is 11.5. The summed E-state index contributed by atoms with van der Waals surface area (Å²) in [7, 11) is 0. The molecule has 2 amide bonds. The molecule has 0 radical (unpaired) electrons. The van der Waals surface area contributed by atoms with Crippen LogP contribution >= 0.6 is 22.7 Å². The van der Waals surface area contributed by atoms with Gasteiger partial charge in [0.15, 0.2) is 0 Å². The van der Waals surface area contributed by atoms with Crippen molar-refractivity contribution < 1.29 is 9.59 Å². The Bertz CT molecular complexity index is 1090. The third kappa shape index (κ3) is 5.41. The fraction of sp³-hybridized carbons (Fsp3) is 0.444. The predicted molar refractivity (Wildman–Crippen MR) is 138 cm³/mol. The maximum atomic E-state index is 13.3. The van der Waals surface area contributed by atoms with Crippen LogP contribution in [0.15, 0.2) is 54.2 Å². The number of aromatic nitrogens is 1.